The Morgan fingerprint density at radius 3 is 2.50 bits per heavy atom. The molecule has 0 atom stereocenters. The molecule has 5 aromatic rings. The Bertz CT molecular complexity index is 1740. The second-order valence-corrected chi connectivity index (χ2v) is 9.88. The third-order valence-electron chi connectivity index (χ3n) is 5.80. The molecule has 0 fully saturated rings. The molecule has 0 unspecified atom stereocenters. The van der Waals surface area contributed by atoms with E-state index in [1.54, 1.807) is 10.5 Å². The van der Waals surface area contributed by atoms with E-state index in [0.717, 1.165) is 35.8 Å². The summed E-state index contributed by atoms with van der Waals surface area (Å²) in [4.78, 5) is 15.2. The molecule has 184 valence electrons. The summed E-state index contributed by atoms with van der Waals surface area (Å²) in [5.74, 6) is -2.32. The second kappa shape index (κ2) is 8.48. The minimum Gasteiger partial charge on any atom is -0.340 e. The number of H-pyrrole nitrogens is 1. The predicted octanol–water partition coefficient (Wildman–Crippen LogP) is 4.93. The van der Waals surface area contributed by atoms with E-state index in [-0.39, 0.29) is 11.3 Å². The Labute approximate surface area is 203 Å². The minimum atomic E-state index is -4.40. The van der Waals surface area contributed by atoms with E-state index in [4.69, 9.17) is 0 Å². The predicted molar refractivity (Wildman–Crippen MR) is 127 cm³/mol. The molecule has 4 aromatic heterocycles. The zero-order valence-corrected chi connectivity index (χ0v) is 20.1. The number of pyridine rings is 2. The maximum Gasteiger partial charge on any atom is 0.263 e. The number of rotatable bonds is 5. The minimum absolute atomic E-state index is 0.0231. The van der Waals surface area contributed by atoms with Gasteiger partial charge in [-0.05, 0) is 45.0 Å². The summed E-state index contributed by atoms with van der Waals surface area (Å²) in [6.07, 6.45) is 3.84. The number of nitrogens with zero attached hydrogens (tertiary/aromatic N) is 4. The van der Waals surface area contributed by atoms with Gasteiger partial charge in [-0.3, -0.25) is 9.71 Å². The van der Waals surface area contributed by atoms with Gasteiger partial charge in [-0.25, -0.2) is 31.6 Å². The van der Waals surface area contributed by atoms with Gasteiger partial charge >= 0.3 is 0 Å². The number of anilines is 1. The summed E-state index contributed by atoms with van der Waals surface area (Å²) in [5, 5.41) is 0. The molecule has 12 heteroatoms. The molecule has 0 saturated heterocycles. The highest BCUT2D eigenvalue weighted by molar-refractivity contribution is 7.92. The number of aromatic amines is 1. The van der Waals surface area contributed by atoms with E-state index in [2.05, 4.69) is 24.7 Å². The SMILES string of the molecule is Cc1ncc(F)cc1S(=O)(=O)Nc1ccc(F)c(-c2ccc3c(-c4nc(C)c(C)[nH]4)ncn3c2)c1F. The average molecular weight is 513 g/mol. The van der Waals surface area contributed by atoms with Gasteiger partial charge in [0.25, 0.3) is 10.0 Å². The molecule has 0 aliphatic carbocycles. The third kappa shape index (κ3) is 3.98. The fourth-order valence-electron chi connectivity index (χ4n) is 3.85. The topological polar surface area (TPSA) is 105 Å². The summed E-state index contributed by atoms with van der Waals surface area (Å²) < 4.78 is 73.1. The van der Waals surface area contributed by atoms with Gasteiger partial charge in [0.05, 0.1) is 34.4 Å². The molecular formula is C24H19F3N6O2S. The van der Waals surface area contributed by atoms with E-state index >= 15 is 4.39 Å². The summed E-state index contributed by atoms with van der Waals surface area (Å²) >= 11 is 0. The van der Waals surface area contributed by atoms with Crippen molar-refractivity contribution in [2.45, 2.75) is 25.7 Å². The van der Waals surface area contributed by atoms with Gasteiger partial charge in [0, 0.05) is 17.5 Å². The van der Waals surface area contributed by atoms with Gasteiger partial charge in [0.1, 0.15) is 28.6 Å². The van der Waals surface area contributed by atoms with E-state index in [1.165, 1.54) is 25.5 Å². The van der Waals surface area contributed by atoms with Crippen LogP contribution in [0.1, 0.15) is 17.1 Å². The lowest BCUT2D eigenvalue weighted by Crippen LogP contribution is -2.16. The van der Waals surface area contributed by atoms with Crippen LogP contribution in [0.2, 0.25) is 0 Å². The molecule has 0 radical (unpaired) electrons. The lowest BCUT2D eigenvalue weighted by Gasteiger charge is -2.14. The Hall–Kier alpha value is -4.19. The van der Waals surface area contributed by atoms with Crippen molar-refractivity contribution in [2.24, 2.45) is 0 Å². The third-order valence-corrected chi connectivity index (χ3v) is 7.29. The van der Waals surface area contributed by atoms with Crippen molar-refractivity contribution >= 4 is 21.2 Å². The van der Waals surface area contributed by atoms with Crippen LogP contribution in [0.25, 0.3) is 28.2 Å². The second-order valence-electron chi connectivity index (χ2n) is 8.23. The molecule has 0 amide bonds. The Morgan fingerprint density at radius 2 is 1.78 bits per heavy atom. The zero-order chi connectivity index (χ0) is 25.8. The highest BCUT2D eigenvalue weighted by Crippen LogP contribution is 2.33. The first-order valence-corrected chi connectivity index (χ1v) is 12.2. The number of sulfonamides is 1. The number of fused-ring (bicyclic) bond motifs is 1. The quantitative estimate of drug-likeness (QED) is 0.348. The van der Waals surface area contributed by atoms with Crippen LogP contribution in [-0.4, -0.2) is 32.8 Å². The van der Waals surface area contributed by atoms with Crippen LogP contribution in [0.15, 0.2) is 53.9 Å². The van der Waals surface area contributed by atoms with Gasteiger partial charge < -0.3 is 9.38 Å². The number of aromatic nitrogens is 5. The van der Waals surface area contributed by atoms with Gasteiger partial charge in [-0.15, -0.1) is 0 Å². The van der Waals surface area contributed by atoms with Crippen molar-refractivity contribution in [1.29, 1.82) is 0 Å². The average Bonchev–Trinajstić information content (AvgIpc) is 3.39. The molecular weight excluding hydrogens is 493 g/mol. The lowest BCUT2D eigenvalue weighted by atomic mass is 10.0. The number of nitrogens with one attached hydrogen (secondary N) is 2. The molecule has 0 bridgehead atoms. The summed E-state index contributed by atoms with van der Waals surface area (Å²) in [6, 6.07) is 5.83. The molecule has 1 aromatic carbocycles. The molecule has 2 N–H and O–H groups in total. The first kappa shape index (κ1) is 23.5. The smallest absolute Gasteiger partial charge is 0.263 e. The fraction of sp³-hybridized carbons (Fsp3) is 0.125. The van der Waals surface area contributed by atoms with Crippen molar-refractivity contribution in [3.8, 4) is 22.6 Å². The van der Waals surface area contributed by atoms with Gasteiger partial charge in [0.15, 0.2) is 11.6 Å². The van der Waals surface area contributed by atoms with E-state index in [9.17, 15) is 17.2 Å². The molecule has 0 aliphatic heterocycles. The largest absolute Gasteiger partial charge is 0.340 e. The first-order valence-electron chi connectivity index (χ1n) is 10.7. The number of benzene rings is 1. The standard InChI is InChI=1S/C24H19F3N6O2S/c1-12-13(2)31-24(30-12)23-19-7-4-15(10-33(19)11-29-23)21-17(26)5-6-18(22(21)27)32-36(34,35)20-8-16(25)9-28-14(20)3/h4-11,32H,1-3H3,(H,30,31). The summed E-state index contributed by atoms with van der Waals surface area (Å²) in [7, 11) is -4.40. The number of hydrogen-bond donors (Lipinski definition) is 2. The van der Waals surface area contributed by atoms with Crippen molar-refractivity contribution in [3.63, 3.8) is 0 Å². The monoisotopic (exact) mass is 512 g/mol. The normalized spacial score (nSPS) is 11.8. The number of halogens is 3. The lowest BCUT2D eigenvalue weighted by molar-refractivity contribution is 0.584. The Kier molecular flexibility index (Phi) is 5.55. The molecule has 0 aliphatic rings. The highest BCUT2D eigenvalue weighted by Gasteiger charge is 2.24. The number of hydrogen-bond acceptors (Lipinski definition) is 5. The van der Waals surface area contributed by atoms with Crippen molar-refractivity contribution in [1.82, 2.24) is 24.3 Å². The van der Waals surface area contributed by atoms with Crippen molar-refractivity contribution in [3.05, 3.63) is 83.6 Å². The van der Waals surface area contributed by atoms with Gasteiger partial charge in [-0.1, -0.05) is 6.07 Å². The van der Waals surface area contributed by atoms with Gasteiger partial charge in [0.2, 0.25) is 0 Å². The fourth-order valence-corrected chi connectivity index (χ4v) is 5.11. The highest BCUT2D eigenvalue weighted by atomic mass is 32.2. The summed E-state index contributed by atoms with van der Waals surface area (Å²) in [5.41, 5.74) is 2.19. The summed E-state index contributed by atoms with van der Waals surface area (Å²) in [6.45, 7) is 5.13. The van der Waals surface area contributed by atoms with Crippen LogP contribution >= 0.6 is 0 Å². The van der Waals surface area contributed by atoms with Crippen LogP contribution in [0.5, 0.6) is 0 Å². The number of aryl methyl sites for hydroxylation is 3. The Balaban J connectivity index is 1.55. The number of imidazole rings is 2. The molecule has 36 heavy (non-hydrogen) atoms. The molecule has 4 heterocycles. The molecule has 0 spiro atoms. The first-order chi connectivity index (χ1) is 17.0. The Morgan fingerprint density at radius 1 is 1.00 bits per heavy atom. The zero-order valence-electron chi connectivity index (χ0n) is 19.3. The van der Waals surface area contributed by atoms with Crippen LogP contribution in [0.3, 0.4) is 0 Å². The van der Waals surface area contributed by atoms with E-state index in [0.29, 0.717) is 17.0 Å². The van der Waals surface area contributed by atoms with Crippen molar-refractivity contribution < 1.29 is 21.6 Å². The molecule has 0 saturated carbocycles. The maximum absolute atomic E-state index is 15.5. The maximum atomic E-state index is 15.5. The van der Waals surface area contributed by atoms with Gasteiger partial charge in [-0.2, -0.15) is 0 Å². The van der Waals surface area contributed by atoms with Crippen LogP contribution in [0.4, 0.5) is 18.9 Å². The van der Waals surface area contributed by atoms with Crippen LogP contribution < -0.4 is 4.72 Å². The molecule has 8 nitrogen and oxygen atoms in total. The molecule has 5 rings (SSSR count). The van der Waals surface area contributed by atoms with Crippen LogP contribution in [-0.2, 0) is 10.0 Å². The van der Waals surface area contributed by atoms with E-state index < -0.39 is 43.6 Å². The van der Waals surface area contributed by atoms with Crippen LogP contribution in [0, 0.1) is 38.2 Å². The van der Waals surface area contributed by atoms with E-state index in [1.807, 2.05) is 13.8 Å². The van der Waals surface area contributed by atoms with Crippen molar-refractivity contribution in [2.75, 3.05) is 4.72 Å².